The zero-order valence-corrected chi connectivity index (χ0v) is 9.64. The van der Waals surface area contributed by atoms with Gasteiger partial charge in [0.05, 0.1) is 6.54 Å². The van der Waals surface area contributed by atoms with Gasteiger partial charge in [0.1, 0.15) is 0 Å². The lowest BCUT2D eigenvalue weighted by Crippen LogP contribution is -2.53. The van der Waals surface area contributed by atoms with Crippen molar-refractivity contribution in [2.24, 2.45) is 0 Å². The second-order valence-electron chi connectivity index (χ2n) is 5.32. The van der Waals surface area contributed by atoms with E-state index >= 15 is 0 Å². The van der Waals surface area contributed by atoms with E-state index in [2.05, 4.69) is 17.6 Å². The van der Waals surface area contributed by atoms with Gasteiger partial charge in [-0.1, -0.05) is 12.8 Å². The first-order valence-electron chi connectivity index (χ1n) is 6.22. The highest BCUT2D eigenvalue weighted by molar-refractivity contribution is 5.79. The number of hydrogen-bond acceptors (Lipinski definition) is 2. The van der Waals surface area contributed by atoms with Crippen LogP contribution in [0, 0.1) is 0 Å². The van der Waals surface area contributed by atoms with Crippen molar-refractivity contribution in [3.05, 3.63) is 0 Å². The Balaban J connectivity index is 1.63. The fraction of sp³-hybridized carbons (Fsp3) is 0.917. The summed E-state index contributed by atoms with van der Waals surface area (Å²) in [5.74, 6) is 0.170. The average Bonchev–Trinajstić information content (AvgIpc) is 2.64. The van der Waals surface area contributed by atoms with Crippen LogP contribution in [0.2, 0.25) is 0 Å². The molecule has 3 nitrogen and oxygen atoms in total. The maximum atomic E-state index is 11.6. The van der Waals surface area contributed by atoms with Gasteiger partial charge in [0.25, 0.3) is 0 Å². The minimum atomic E-state index is 0.106. The molecule has 2 aliphatic carbocycles. The SMILES string of the molecule is CC1(NC(=O)CNC2CCCC2)CCC1. The molecule has 2 aliphatic rings. The first-order valence-corrected chi connectivity index (χ1v) is 6.22. The molecule has 1 amide bonds. The summed E-state index contributed by atoms with van der Waals surface area (Å²) >= 11 is 0. The molecule has 86 valence electrons. The molecule has 0 aromatic heterocycles. The van der Waals surface area contributed by atoms with Crippen LogP contribution in [0.15, 0.2) is 0 Å². The second kappa shape index (κ2) is 4.52. The fourth-order valence-corrected chi connectivity index (χ4v) is 2.58. The van der Waals surface area contributed by atoms with E-state index in [-0.39, 0.29) is 11.4 Å². The molecule has 0 radical (unpaired) electrons. The summed E-state index contributed by atoms with van der Waals surface area (Å²) < 4.78 is 0. The molecule has 0 aromatic rings. The minimum Gasteiger partial charge on any atom is -0.350 e. The normalized spacial score (nSPS) is 24.9. The lowest BCUT2D eigenvalue weighted by Gasteiger charge is -2.39. The van der Waals surface area contributed by atoms with E-state index < -0.39 is 0 Å². The van der Waals surface area contributed by atoms with Crippen LogP contribution in [0.4, 0.5) is 0 Å². The molecule has 0 spiro atoms. The topological polar surface area (TPSA) is 41.1 Å². The zero-order valence-electron chi connectivity index (χ0n) is 9.64. The van der Waals surface area contributed by atoms with Crippen molar-refractivity contribution in [1.82, 2.24) is 10.6 Å². The first-order chi connectivity index (χ1) is 7.18. The molecule has 0 aromatic carbocycles. The van der Waals surface area contributed by atoms with Crippen molar-refractivity contribution >= 4 is 5.91 Å². The van der Waals surface area contributed by atoms with Gasteiger partial charge < -0.3 is 10.6 Å². The third-order valence-electron chi connectivity index (χ3n) is 3.80. The van der Waals surface area contributed by atoms with Crippen molar-refractivity contribution in [1.29, 1.82) is 0 Å². The molecule has 0 saturated heterocycles. The summed E-state index contributed by atoms with van der Waals surface area (Å²) in [5, 5.41) is 6.46. The molecule has 0 bridgehead atoms. The van der Waals surface area contributed by atoms with Crippen LogP contribution in [0.3, 0.4) is 0 Å². The van der Waals surface area contributed by atoms with Gasteiger partial charge in [-0.2, -0.15) is 0 Å². The van der Waals surface area contributed by atoms with Crippen LogP contribution in [-0.4, -0.2) is 24.0 Å². The maximum Gasteiger partial charge on any atom is 0.234 e. The van der Waals surface area contributed by atoms with Crippen molar-refractivity contribution < 1.29 is 4.79 Å². The van der Waals surface area contributed by atoms with Gasteiger partial charge >= 0.3 is 0 Å². The lowest BCUT2D eigenvalue weighted by atomic mass is 9.78. The van der Waals surface area contributed by atoms with Crippen LogP contribution < -0.4 is 10.6 Å². The monoisotopic (exact) mass is 210 g/mol. The summed E-state index contributed by atoms with van der Waals surface area (Å²) in [4.78, 5) is 11.6. The Morgan fingerprint density at radius 1 is 1.27 bits per heavy atom. The van der Waals surface area contributed by atoms with E-state index in [1.54, 1.807) is 0 Å². The van der Waals surface area contributed by atoms with Gasteiger partial charge in [-0.25, -0.2) is 0 Å². The number of rotatable bonds is 4. The molecule has 0 atom stereocenters. The number of amides is 1. The Morgan fingerprint density at radius 3 is 2.47 bits per heavy atom. The molecule has 0 unspecified atom stereocenters. The summed E-state index contributed by atoms with van der Waals surface area (Å²) in [5.41, 5.74) is 0.106. The van der Waals surface area contributed by atoms with Crippen molar-refractivity contribution in [2.75, 3.05) is 6.54 Å². The van der Waals surface area contributed by atoms with Crippen LogP contribution in [0.5, 0.6) is 0 Å². The average molecular weight is 210 g/mol. The number of nitrogens with one attached hydrogen (secondary N) is 2. The molecular formula is C12H22N2O. The standard InChI is InChI=1S/C12H22N2O/c1-12(7-4-8-12)14-11(15)9-13-10-5-2-3-6-10/h10,13H,2-9H2,1H3,(H,14,15). The van der Waals surface area contributed by atoms with E-state index in [9.17, 15) is 4.79 Å². The lowest BCUT2D eigenvalue weighted by molar-refractivity contribution is -0.123. The predicted octanol–water partition coefficient (Wildman–Crippen LogP) is 1.58. The van der Waals surface area contributed by atoms with E-state index in [0.717, 1.165) is 12.8 Å². The summed E-state index contributed by atoms with van der Waals surface area (Å²) in [6, 6.07) is 0.588. The van der Waals surface area contributed by atoms with Gasteiger partial charge in [-0.05, 0) is 39.0 Å². The van der Waals surface area contributed by atoms with Crippen LogP contribution >= 0.6 is 0 Å². The van der Waals surface area contributed by atoms with Gasteiger partial charge in [0.15, 0.2) is 0 Å². The van der Waals surface area contributed by atoms with Gasteiger partial charge in [-0.3, -0.25) is 4.79 Å². The van der Waals surface area contributed by atoms with Gasteiger partial charge in [-0.15, -0.1) is 0 Å². The molecule has 2 rings (SSSR count). The molecule has 0 heterocycles. The highest BCUT2D eigenvalue weighted by atomic mass is 16.2. The van der Waals surface area contributed by atoms with Gasteiger partial charge in [0.2, 0.25) is 5.91 Å². The highest BCUT2D eigenvalue weighted by Gasteiger charge is 2.32. The fourth-order valence-electron chi connectivity index (χ4n) is 2.58. The highest BCUT2D eigenvalue weighted by Crippen LogP contribution is 2.30. The van der Waals surface area contributed by atoms with Crippen LogP contribution in [-0.2, 0) is 4.79 Å². The van der Waals surface area contributed by atoms with E-state index in [4.69, 9.17) is 0 Å². The van der Waals surface area contributed by atoms with E-state index in [1.165, 1.54) is 32.1 Å². The third-order valence-corrected chi connectivity index (χ3v) is 3.80. The smallest absolute Gasteiger partial charge is 0.234 e. The van der Waals surface area contributed by atoms with Crippen molar-refractivity contribution in [3.63, 3.8) is 0 Å². The maximum absolute atomic E-state index is 11.6. The van der Waals surface area contributed by atoms with E-state index in [0.29, 0.717) is 12.6 Å². The Kier molecular flexibility index (Phi) is 3.29. The quantitative estimate of drug-likeness (QED) is 0.739. The third kappa shape index (κ3) is 2.94. The molecule has 3 heteroatoms. The Hall–Kier alpha value is -0.570. The van der Waals surface area contributed by atoms with Crippen LogP contribution in [0.1, 0.15) is 51.9 Å². The minimum absolute atomic E-state index is 0.106. The number of carbonyl (C=O) groups excluding carboxylic acids is 1. The second-order valence-corrected chi connectivity index (χ2v) is 5.32. The summed E-state index contributed by atoms with van der Waals surface area (Å²) in [6.07, 6.45) is 8.65. The molecule has 2 fully saturated rings. The molecule has 2 N–H and O–H groups in total. The van der Waals surface area contributed by atoms with Gasteiger partial charge in [0, 0.05) is 11.6 Å². The predicted molar refractivity (Wildman–Crippen MR) is 60.7 cm³/mol. The zero-order chi connectivity index (χ0) is 10.7. The van der Waals surface area contributed by atoms with E-state index in [1.807, 2.05) is 0 Å². The summed E-state index contributed by atoms with van der Waals surface area (Å²) in [7, 11) is 0. The number of hydrogen-bond donors (Lipinski definition) is 2. The number of carbonyl (C=O) groups is 1. The molecule has 2 saturated carbocycles. The molecule has 15 heavy (non-hydrogen) atoms. The van der Waals surface area contributed by atoms with Crippen LogP contribution in [0.25, 0.3) is 0 Å². The van der Waals surface area contributed by atoms with Crippen molar-refractivity contribution in [3.8, 4) is 0 Å². The molecular weight excluding hydrogens is 188 g/mol. The van der Waals surface area contributed by atoms with Crippen molar-refractivity contribution in [2.45, 2.75) is 63.5 Å². The Morgan fingerprint density at radius 2 is 1.93 bits per heavy atom. The first kappa shape index (κ1) is 10.9. The molecule has 0 aliphatic heterocycles. The Bertz CT molecular complexity index is 230. The Labute approximate surface area is 92.0 Å². The summed E-state index contributed by atoms with van der Waals surface area (Å²) in [6.45, 7) is 2.64. The largest absolute Gasteiger partial charge is 0.350 e.